The van der Waals surface area contributed by atoms with Gasteiger partial charge in [0.25, 0.3) is 0 Å². The highest BCUT2D eigenvalue weighted by Crippen LogP contribution is 2.28. The zero-order valence-corrected chi connectivity index (χ0v) is 10.3. The van der Waals surface area contributed by atoms with E-state index in [4.69, 9.17) is 40.1 Å². The maximum absolute atomic E-state index is 8.61. The van der Waals surface area contributed by atoms with Crippen LogP contribution < -0.4 is 0 Å². The Bertz CT molecular complexity index is 231. The third-order valence-corrected chi connectivity index (χ3v) is 2.25. The standard InChI is InChI=1S/C6H9Cl3N2Si/c1-12(2,3)11-5(4-10)6(7,8)9/h1-3H3/b11-5-. The van der Waals surface area contributed by atoms with Gasteiger partial charge in [-0.15, -0.1) is 0 Å². The molecule has 0 aliphatic carbocycles. The van der Waals surface area contributed by atoms with Gasteiger partial charge in [-0.25, -0.2) is 0 Å². The molecule has 0 radical (unpaired) electrons. The predicted octanol–water partition coefficient (Wildman–Crippen LogP) is 3.16. The first-order valence-electron chi connectivity index (χ1n) is 3.24. The van der Waals surface area contributed by atoms with E-state index in [9.17, 15) is 0 Å². The molecule has 0 aliphatic rings. The third-order valence-electron chi connectivity index (χ3n) is 0.822. The first-order valence-corrected chi connectivity index (χ1v) is 7.82. The maximum atomic E-state index is 8.61. The summed E-state index contributed by atoms with van der Waals surface area (Å²) >= 11 is 16.5. The fourth-order valence-electron chi connectivity index (χ4n) is 0.487. The van der Waals surface area contributed by atoms with E-state index < -0.39 is 12.0 Å². The van der Waals surface area contributed by atoms with E-state index in [1.807, 2.05) is 19.6 Å². The lowest BCUT2D eigenvalue weighted by Gasteiger charge is -2.14. The topological polar surface area (TPSA) is 36.1 Å². The van der Waals surface area contributed by atoms with E-state index in [-0.39, 0.29) is 5.71 Å². The summed E-state index contributed by atoms with van der Waals surface area (Å²) < 4.78 is 2.41. The van der Waals surface area contributed by atoms with Crippen LogP contribution >= 0.6 is 34.8 Å². The highest BCUT2D eigenvalue weighted by molar-refractivity contribution is 6.81. The number of hydrogen-bond acceptors (Lipinski definition) is 2. The van der Waals surface area contributed by atoms with Gasteiger partial charge in [0, 0.05) is 0 Å². The number of nitriles is 1. The van der Waals surface area contributed by atoms with Crippen molar-refractivity contribution in [2.75, 3.05) is 0 Å². The molecule has 0 heterocycles. The number of rotatable bonds is 1. The molecule has 0 atom stereocenters. The maximum Gasteiger partial charge on any atom is 0.241 e. The molecule has 0 aromatic carbocycles. The van der Waals surface area contributed by atoms with Gasteiger partial charge in [0.05, 0.1) is 0 Å². The molecule has 0 aromatic heterocycles. The molecule has 0 bridgehead atoms. The molecular weight excluding hydrogens is 235 g/mol. The van der Waals surface area contributed by atoms with Gasteiger partial charge >= 0.3 is 0 Å². The summed E-state index contributed by atoms with van der Waals surface area (Å²) in [6.45, 7) is 5.88. The van der Waals surface area contributed by atoms with Crippen molar-refractivity contribution in [2.45, 2.75) is 23.4 Å². The molecule has 0 aliphatic heterocycles. The molecule has 0 aromatic rings. The third kappa shape index (κ3) is 4.99. The van der Waals surface area contributed by atoms with Crippen molar-refractivity contribution in [3.05, 3.63) is 0 Å². The molecule has 0 unspecified atom stereocenters. The van der Waals surface area contributed by atoms with E-state index in [1.54, 1.807) is 6.07 Å². The van der Waals surface area contributed by atoms with Crippen molar-refractivity contribution in [3.8, 4) is 6.07 Å². The Hall–Kier alpha value is 0.247. The minimum atomic E-state index is -1.74. The summed E-state index contributed by atoms with van der Waals surface area (Å²) in [6, 6.07) is 1.79. The molecule has 12 heavy (non-hydrogen) atoms. The fourth-order valence-corrected chi connectivity index (χ4v) is 1.84. The minimum Gasteiger partial charge on any atom is -0.313 e. The molecule has 2 nitrogen and oxygen atoms in total. The van der Waals surface area contributed by atoms with Crippen LogP contribution in [0.1, 0.15) is 0 Å². The van der Waals surface area contributed by atoms with Crippen molar-refractivity contribution in [1.82, 2.24) is 0 Å². The van der Waals surface area contributed by atoms with E-state index in [1.165, 1.54) is 0 Å². The van der Waals surface area contributed by atoms with Crippen LogP contribution in [0.5, 0.6) is 0 Å². The molecule has 0 amide bonds. The number of hydrogen-bond donors (Lipinski definition) is 0. The van der Waals surface area contributed by atoms with Crippen LogP contribution in [0.4, 0.5) is 0 Å². The average molecular weight is 244 g/mol. The quantitative estimate of drug-likeness (QED) is 0.396. The van der Waals surface area contributed by atoms with Gasteiger partial charge in [0.2, 0.25) is 3.79 Å². The van der Waals surface area contributed by atoms with Crippen LogP contribution in [0, 0.1) is 11.3 Å². The van der Waals surface area contributed by atoms with E-state index in [0.29, 0.717) is 0 Å². The first kappa shape index (κ1) is 12.2. The monoisotopic (exact) mass is 242 g/mol. The lowest BCUT2D eigenvalue weighted by molar-refractivity contribution is 1.45. The Morgan fingerprint density at radius 1 is 1.33 bits per heavy atom. The van der Waals surface area contributed by atoms with Crippen molar-refractivity contribution in [1.29, 1.82) is 5.26 Å². The second-order valence-electron chi connectivity index (χ2n) is 3.24. The second-order valence-corrected chi connectivity index (χ2v) is 10.1. The number of halogens is 3. The highest BCUT2D eigenvalue weighted by atomic mass is 35.6. The predicted molar refractivity (Wildman–Crippen MR) is 56.7 cm³/mol. The zero-order valence-electron chi connectivity index (χ0n) is 7.03. The second kappa shape index (κ2) is 3.97. The Morgan fingerprint density at radius 3 is 1.83 bits per heavy atom. The van der Waals surface area contributed by atoms with Crippen molar-refractivity contribution >= 4 is 48.7 Å². The summed E-state index contributed by atoms with van der Waals surface area (Å²) in [5, 5.41) is 8.61. The smallest absolute Gasteiger partial charge is 0.241 e. The van der Waals surface area contributed by atoms with Crippen molar-refractivity contribution < 1.29 is 0 Å². The van der Waals surface area contributed by atoms with E-state index in [2.05, 4.69) is 4.66 Å². The summed E-state index contributed by atoms with van der Waals surface area (Å²) in [6.07, 6.45) is 0. The molecule has 6 heteroatoms. The van der Waals surface area contributed by atoms with Crippen LogP contribution in [0.2, 0.25) is 19.6 Å². The van der Waals surface area contributed by atoms with Gasteiger partial charge in [0.1, 0.15) is 6.07 Å². The fraction of sp³-hybridized carbons (Fsp3) is 0.667. The van der Waals surface area contributed by atoms with Gasteiger partial charge in [-0.3, -0.25) is 0 Å². The van der Waals surface area contributed by atoms with E-state index >= 15 is 0 Å². The minimum absolute atomic E-state index is 0.0216. The first-order chi connectivity index (χ1) is 5.17. The van der Waals surface area contributed by atoms with Crippen molar-refractivity contribution in [3.63, 3.8) is 0 Å². The normalized spacial score (nSPS) is 14.2. The molecule has 68 valence electrons. The Labute approximate surface area is 88.2 Å². The summed E-state index contributed by atoms with van der Waals surface area (Å²) in [4.78, 5) is 0. The number of alkyl halides is 3. The highest BCUT2D eigenvalue weighted by Gasteiger charge is 2.29. The zero-order chi connectivity index (χ0) is 9.99. The molecule has 0 rings (SSSR count). The van der Waals surface area contributed by atoms with Crippen LogP contribution in [-0.4, -0.2) is 17.7 Å². The van der Waals surface area contributed by atoms with Crippen LogP contribution in [0.15, 0.2) is 4.66 Å². The van der Waals surface area contributed by atoms with E-state index in [0.717, 1.165) is 0 Å². The molecular formula is C6H9Cl3N2Si. The van der Waals surface area contributed by atoms with Crippen LogP contribution in [0.25, 0.3) is 0 Å². The van der Waals surface area contributed by atoms with Crippen molar-refractivity contribution in [2.24, 2.45) is 4.66 Å². The Balaban J connectivity index is 4.85. The van der Waals surface area contributed by atoms with Gasteiger partial charge in [-0.2, -0.15) is 5.26 Å². The lowest BCUT2D eigenvalue weighted by Crippen LogP contribution is -2.26. The van der Waals surface area contributed by atoms with Crippen LogP contribution in [0.3, 0.4) is 0 Å². The van der Waals surface area contributed by atoms with Crippen LogP contribution in [-0.2, 0) is 0 Å². The molecule has 0 fully saturated rings. The average Bonchev–Trinajstić information content (AvgIpc) is 1.78. The molecule has 0 saturated carbocycles. The summed E-state index contributed by atoms with van der Waals surface area (Å²) in [5.41, 5.74) is -0.0216. The SMILES string of the molecule is C[Si](C)(C)/N=C(/C#N)C(Cl)(Cl)Cl. The number of nitrogens with zero attached hydrogens (tertiary/aromatic N) is 2. The molecule has 0 spiro atoms. The molecule has 0 N–H and O–H groups in total. The molecule has 0 saturated heterocycles. The van der Waals surface area contributed by atoms with Gasteiger partial charge < -0.3 is 4.66 Å². The Kier molecular flexibility index (Phi) is 4.05. The lowest BCUT2D eigenvalue weighted by atomic mass is 10.5. The largest absolute Gasteiger partial charge is 0.313 e. The van der Waals surface area contributed by atoms with Gasteiger partial charge in [-0.05, 0) is 19.6 Å². The summed E-state index contributed by atoms with van der Waals surface area (Å²) in [7, 11) is -1.74. The van der Waals surface area contributed by atoms with Gasteiger partial charge in [0.15, 0.2) is 13.9 Å². The summed E-state index contributed by atoms with van der Waals surface area (Å²) in [5.74, 6) is 0. The Morgan fingerprint density at radius 2 is 1.75 bits per heavy atom. The van der Waals surface area contributed by atoms with Gasteiger partial charge in [-0.1, -0.05) is 34.8 Å².